The van der Waals surface area contributed by atoms with Crippen molar-refractivity contribution in [3.05, 3.63) is 15.9 Å². The minimum atomic E-state index is 0.172. The molecule has 1 heterocycles. The normalized spacial score (nSPS) is 14.1. The van der Waals surface area contributed by atoms with Crippen molar-refractivity contribution in [2.45, 2.75) is 59.9 Å². The summed E-state index contributed by atoms with van der Waals surface area (Å²) < 4.78 is 3.24. The quantitative estimate of drug-likeness (QED) is 0.847. The monoisotopic (exact) mass is 343 g/mol. The van der Waals surface area contributed by atoms with Gasteiger partial charge in [-0.3, -0.25) is 4.68 Å². The van der Waals surface area contributed by atoms with Crippen LogP contribution in [0.3, 0.4) is 0 Å². The maximum absolute atomic E-state index is 4.60. The molecule has 0 aliphatic heterocycles. The van der Waals surface area contributed by atoms with E-state index in [2.05, 4.69) is 67.9 Å². The molecule has 1 aromatic rings. The molecule has 3 nitrogen and oxygen atoms in total. The summed E-state index contributed by atoms with van der Waals surface area (Å²) in [4.78, 5) is 0. The highest BCUT2D eigenvalue weighted by Crippen LogP contribution is 2.26. The van der Waals surface area contributed by atoms with Gasteiger partial charge in [-0.15, -0.1) is 0 Å². The lowest BCUT2D eigenvalue weighted by atomic mass is 9.90. The number of rotatable bonds is 6. The molecule has 0 aliphatic rings. The maximum atomic E-state index is 4.60. The number of aromatic nitrogens is 2. The molecule has 20 heavy (non-hydrogen) atoms. The van der Waals surface area contributed by atoms with Gasteiger partial charge in [-0.05, 0) is 67.9 Å². The van der Waals surface area contributed by atoms with Gasteiger partial charge in [0.25, 0.3) is 0 Å². The van der Waals surface area contributed by atoms with Crippen LogP contribution in [0.2, 0.25) is 0 Å². The Morgan fingerprint density at radius 3 is 2.30 bits per heavy atom. The SMILES string of the molecule is CCc1nn(C)c(CC(CNC(C)(C)C)C(C)C)c1Br. The van der Waals surface area contributed by atoms with Crippen LogP contribution < -0.4 is 5.32 Å². The zero-order chi connectivity index (χ0) is 15.5. The zero-order valence-electron chi connectivity index (χ0n) is 14.0. The predicted octanol–water partition coefficient (Wildman–Crippen LogP) is 3.95. The zero-order valence-corrected chi connectivity index (χ0v) is 15.6. The molecule has 0 bridgehead atoms. The lowest BCUT2D eigenvalue weighted by Crippen LogP contribution is -2.40. The third kappa shape index (κ3) is 4.88. The summed E-state index contributed by atoms with van der Waals surface area (Å²) >= 11 is 3.73. The van der Waals surface area contributed by atoms with Gasteiger partial charge in [0, 0.05) is 12.6 Å². The standard InChI is InChI=1S/C16H30BrN3/c1-8-13-15(17)14(20(7)19-13)9-12(11(2)3)10-18-16(4,5)6/h11-12,18H,8-10H2,1-7H3. The van der Waals surface area contributed by atoms with E-state index in [1.54, 1.807) is 0 Å². The number of nitrogens with one attached hydrogen (secondary N) is 1. The highest BCUT2D eigenvalue weighted by Gasteiger charge is 2.21. The molecule has 0 fully saturated rings. The second-order valence-electron chi connectivity index (χ2n) is 7.02. The molecule has 1 N–H and O–H groups in total. The first-order valence-corrected chi connectivity index (χ1v) is 8.40. The smallest absolute Gasteiger partial charge is 0.0766 e. The van der Waals surface area contributed by atoms with Crippen LogP contribution in [0.4, 0.5) is 0 Å². The Balaban J connectivity index is 2.83. The Labute approximate surface area is 132 Å². The highest BCUT2D eigenvalue weighted by atomic mass is 79.9. The van der Waals surface area contributed by atoms with Crippen LogP contribution in [0, 0.1) is 11.8 Å². The third-order valence-corrected chi connectivity index (χ3v) is 4.71. The van der Waals surface area contributed by atoms with Gasteiger partial charge < -0.3 is 5.32 Å². The summed E-state index contributed by atoms with van der Waals surface area (Å²) in [5.41, 5.74) is 2.65. The Hall–Kier alpha value is -0.350. The van der Waals surface area contributed by atoms with Crippen LogP contribution in [-0.2, 0) is 19.9 Å². The minimum Gasteiger partial charge on any atom is -0.312 e. The summed E-state index contributed by atoms with van der Waals surface area (Å²) in [5, 5.41) is 8.24. The summed E-state index contributed by atoms with van der Waals surface area (Å²) in [6, 6.07) is 0. The Morgan fingerprint density at radius 2 is 1.90 bits per heavy atom. The lowest BCUT2D eigenvalue weighted by Gasteiger charge is -2.27. The molecule has 1 aromatic heterocycles. The molecule has 1 atom stereocenters. The molecule has 0 saturated carbocycles. The predicted molar refractivity (Wildman–Crippen MR) is 90.1 cm³/mol. The maximum Gasteiger partial charge on any atom is 0.0766 e. The van der Waals surface area contributed by atoms with Crippen molar-refractivity contribution in [2.24, 2.45) is 18.9 Å². The van der Waals surface area contributed by atoms with Crippen LogP contribution in [-0.4, -0.2) is 21.9 Å². The number of nitrogens with zero attached hydrogens (tertiary/aromatic N) is 2. The van der Waals surface area contributed by atoms with E-state index < -0.39 is 0 Å². The minimum absolute atomic E-state index is 0.172. The second kappa shape index (κ2) is 7.08. The van der Waals surface area contributed by atoms with E-state index in [1.165, 1.54) is 10.2 Å². The molecule has 0 aromatic carbocycles. The number of halogens is 1. The molecule has 1 rings (SSSR count). The number of hydrogen-bond donors (Lipinski definition) is 1. The van der Waals surface area contributed by atoms with Crippen molar-refractivity contribution in [3.63, 3.8) is 0 Å². The molecule has 0 aliphatic carbocycles. The number of aryl methyl sites for hydroxylation is 2. The average molecular weight is 344 g/mol. The number of hydrogen-bond acceptors (Lipinski definition) is 2. The van der Waals surface area contributed by atoms with E-state index in [-0.39, 0.29) is 5.54 Å². The van der Waals surface area contributed by atoms with E-state index in [0.29, 0.717) is 11.8 Å². The molecule has 0 amide bonds. The van der Waals surface area contributed by atoms with Crippen molar-refractivity contribution in [1.82, 2.24) is 15.1 Å². The van der Waals surface area contributed by atoms with Gasteiger partial charge in [-0.2, -0.15) is 5.10 Å². The molecular formula is C16H30BrN3. The first-order valence-electron chi connectivity index (χ1n) is 7.61. The second-order valence-corrected chi connectivity index (χ2v) is 7.82. The largest absolute Gasteiger partial charge is 0.312 e. The third-order valence-electron chi connectivity index (χ3n) is 3.80. The van der Waals surface area contributed by atoms with Crippen LogP contribution in [0.1, 0.15) is 52.9 Å². The first-order chi connectivity index (χ1) is 9.15. The molecule has 0 radical (unpaired) electrons. The van der Waals surface area contributed by atoms with Gasteiger partial charge in [0.05, 0.1) is 15.9 Å². The molecule has 1 unspecified atom stereocenters. The average Bonchev–Trinajstić information content (AvgIpc) is 2.59. The molecular weight excluding hydrogens is 314 g/mol. The Morgan fingerprint density at radius 1 is 1.30 bits per heavy atom. The van der Waals surface area contributed by atoms with Gasteiger partial charge in [0.1, 0.15) is 0 Å². The van der Waals surface area contributed by atoms with E-state index >= 15 is 0 Å². The summed E-state index contributed by atoms with van der Waals surface area (Å²) in [6.07, 6.45) is 2.03. The van der Waals surface area contributed by atoms with Crippen LogP contribution in [0.15, 0.2) is 4.47 Å². The Bertz CT molecular complexity index is 430. The molecule has 0 spiro atoms. The van der Waals surface area contributed by atoms with Gasteiger partial charge in [-0.25, -0.2) is 0 Å². The van der Waals surface area contributed by atoms with Crippen molar-refractivity contribution < 1.29 is 0 Å². The fourth-order valence-corrected chi connectivity index (χ4v) is 3.05. The molecule has 0 saturated heterocycles. The van der Waals surface area contributed by atoms with Gasteiger partial charge >= 0.3 is 0 Å². The first kappa shape index (κ1) is 17.7. The van der Waals surface area contributed by atoms with Crippen LogP contribution in [0.25, 0.3) is 0 Å². The van der Waals surface area contributed by atoms with Crippen molar-refractivity contribution in [3.8, 4) is 0 Å². The van der Waals surface area contributed by atoms with E-state index in [9.17, 15) is 0 Å². The van der Waals surface area contributed by atoms with Gasteiger partial charge in [0.2, 0.25) is 0 Å². The van der Waals surface area contributed by atoms with E-state index in [0.717, 1.165) is 25.1 Å². The lowest BCUT2D eigenvalue weighted by molar-refractivity contribution is 0.308. The summed E-state index contributed by atoms with van der Waals surface area (Å²) in [5.74, 6) is 1.27. The van der Waals surface area contributed by atoms with Crippen molar-refractivity contribution in [1.29, 1.82) is 0 Å². The Kier molecular flexibility index (Phi) is 6.26. The molecule has 116 valence electrons. The van der Waals surface area contributed by atoms with E-state index in [1.807, 2.05) is 11.7 Å². The summed E-state index contributed by atoms with van der Waals surface area (Å²) in [6.45, 7) is 14.5. The van der Waals surface area contributed by atoms with Crippen molar-refractivity contribution in [2.75, 3.05) is 6.54 Å². The van der Waals surface area contributed by atoms with Crippen molar-refractivity contribution >= 4 is 15.9 Å². The van der Waals surface area contributed by atoms with Crippen LogP contribution >= 0.6 is 15.9 Å². The topological polar surface area (TPSA) is 29.9 Å². The van der Waals surface area contributed by atoms with Crippen LogP contribution in [0.5, 0.6) is 0 Å². The fraction of sp³-hybridized carbons (Fsp3) is 0.812. The molecule has 4 heteroatoms. The van der Waals surface area contributed by atoms with Gasteiger partial charge in [0.15, 0.2) is 0 Å². The van der Waals surface area contributed by atoms with Gasteiger partial charge in [-0.1, -0.05) is 20.8 Å². The van der Waals surface area contributed by atoms with E-state index in [4.69, 9.17) is 0 Å². The summed E-state index contributed by atoms with van der Waals surface area (Å²) in [7, 11) is 2.05. The highest BCUT2D eigenvalue weighted by molar-refractivity contribution is 9.10. The fourth-order valence-electron chi connectivity index (χ4n) is 2.27.